The molecule has 1 aromatic carbocycles. The zero-order valence-electron chi connectivity index (χ0n) is 11.3. The van der Waals surface area contributed by atoms with Crippen molar-refractivity contribution in [2.45, 2.75) is 45.6 Å². The molecular weight excluding hydrogens is 224 g/mol. The minimum atomic E-state index is -0.0218. The zero-order chi connectivity index (χ0) is 13.0. The molecule has 0 fully saturated rings. The van der Waals surface area contributed by atoms with Crippen LogP contribution in [0.1, 0.15) is 50.3 Å². The number of carbonyl (C=O) groups is 1. The van der Waals surface area contributed by atoms with Crippen molar-refractivity contribution in [1.29, 1.82) is 0 Å². The van der Waals surface area contributed by atoms with Crippen molar-refractivity contribution < 1.29 is 9.53 Å². The van der Waals surface area contributed by atoms with Crippen molar-refractivity contribution in [3.63, 3.8) is 0 Å². The summed E-state index contributed by atoms with van der Waals surface area (Å²) in [6.07, 6.45) is 3.21. The first-order valence-corrected chi connectivity index (χ1v) is 6.91. The summed E-state index contributed by atoms with van der Waals surface area (Å²) >= 11 is 0. The van der Waals surface area contributed by atoms with Crippen molar-refractivity contribution in [2.24, 2.45) is 5.92 Å². The van der Waals surface area contributed by atoms with Crippen LogP contribution in [0.5, 0.6) is 0 Å². The van der Waals surface area contributed by atoms with Gasteiger partial charge in [0.05, 0.1) is 12.7 Å². The average molecular weight is 246 g/mol. The molecule has 0 aliphatic carbocycles. The number of rotatable bonds is 5. The second-order valence-corrected chi connectivity index (χ2v) is 5.27. The van der Waals surface area contributed by atoms with Gasteiger partial charge in [-0.2, -0.15) is 0 Å². The Kier molecular flexibility index (Phi) is 4.54. The van der Waals surface area contributed by atoms with E-state index < -0.39 is 0 Å². The fraction of sp³-hybridized carbons (Fsp3) is 0.562. The van der Waals surface area contributed by atoms with Crippen LogP contribution in [0.15, 0.2) is 24.3 Å². The van der Waals surface area contributed by atoms with Gasteiger partial charge in [0.25, 0.3) is 0 Å². The highest BCUT2D eigenvalue weighted by atomic mass is 16.5. The lowest BCUT2D eigenvalue weighted by molar-refractivity contribution is -0.123. The molecule has 18 heavy (non-hydrogen) atoms. The van der Waals surface area contributed by atoms with Gasteiger partial charge in [0.1, 0.15) is 5.78 Å². The number of carbonyl (C=O) groups excluding carboxylic acids is 1. The third kappa shape index (κ3) is 3.20. The van der Waals surface area contributed by atoms with E-state index in [1.165, 1.54) is 11.1 Å². The molecule has 1 heterocycles. The first-order valence-electron chi connectivity index (χ1n) is 6.91. The van der Waals surface area contributed by atoms with E-state index in [-0.39, 0.29) is 6.10 Å². The van der Waals surface area contributed by atoms with Crippen molar-refractivity contribution in [1.82, 2.24) is 0 Å². The SMILES string of the molecule is CCC(C)CC(=O)CC1OCCc2ccccc21. The second-order valence-electron chi connectivity index (χ2n) is 5.27. The van der Waals surface area contributed by atoms with Gasteiger partial charge in [0.15, 0.2) is 0 Å². The topological polar surface area (TPSA) is 26.3 Å². The Morgan fingerprint density at radius 1 is 1.44 bits per heavy atom. The van der Waals surface area contributed by atoms with Crippen LogP contribution < -0.4 is 0 Å². The molecular formula is C16H22O2. The largest absolute Gasteiger partial charge is 0.373 e. The van der Waals surface area contributed by atoms with E-state index in [2.05, 4.69) is 32.0 Å². The lowest BCUT2D eigenvalue weighted by Crippen LogP contribution is -2.19. The first kappa shape index (κ1) is 13.3. The maximum atomic E-state index is 12.0. The van der Waals surface area contributed by atoms with Gasteiger partial charge < -0.3 is 4.74 Å². The number of ketones is 1. The monoisotopic (exact) mass is 246 g/mol. The van der Waals surface area contributed by atoms with Gasteiger partial charge in [-0.3, -0.25) is 4.79 Å². The normalized spacial score (nSPS) is 20.2. The highest BCUT2D eigenvalue weighted by molar-refractivity contribution is 5.79. The summed E-state index contributed by atoms with van der Waals surface area (Å²) in [5.74, 6) is 0.808. The number of Topliss-reactive ketones (excluding diaryl/α,β-unsaturated/α-hetero) is 1. The summed E-state index contributed by atoms with van der Waals surface area (Å²) in [6, 6.07) is 8.32. The summed E-state index contributed by atoms with van der Waals surface area (Å²) in [5.41, 5.74) is 2.55. The summed E-state index contributed by atoms with van der Waals surface area (Å²) in [7, 11) is 0. The standard InChI is InChI=1S/C16H22O2/c1-3-12(2)10-14(17)11-16-15-7-5-4-6-13(15)8-9-18-16/h4-7,12,16H,3,8-11H2,1-2H3. The number of fused-ring (bicyclic) bond motifs is 1. The van der Waals surface area contributed by atoms with Gasteiger partial charge in [0, 0.05) is 12.8 Å². The molecule has 1 aromatic rings. The molecule has 98 valence electrons. The number of hydrogen-bond donors (Lipinski definition) is 0. The Hall–Kier alpha value is -1.15. The third-order valence-electron chi connectivity index (χ3n) is 3.78. The molecule has 0 amide bonds. The summed E-state index contributed by atoms with van der Waals surface area (Å²) in [5, 5.41) is 0. The Morgan fingerprint density at radius 2 is 2.22 bits per heavy atom. The maximum absolute atomic E-state index is 12.0. The van der Waals surface area contributed by atoms with E-state index in [4.69, 9.17) is 4.74 Å². The van der Waals surface area contributed by atoms with E-state index in [0.29, 0.717) is 24.5 Å². The third-order valence-corrected chi connectivity index (χ3v) is 3.78. The van der Waals surface area contributed by atoms with E-state index in [1.807, 2.05) is 6.07 Å². The molecule has 1 aliphatic rings. The summed E-state index contributed by atoms with van der Waals surface area (Å²) in [6.45, 7) is 5.00. The fourth-order valence-corrected chi connectivity index (χ4v) is 2.47. The summed E-state index contributed by atoms with van der Waals surface area (Å²) < 4.78 is 5.77. The van der Waals surface area contributed by atoms with Gasteiger partial charge in [-0.25, -0.2) is 0 Å². The van der Waals surface area contributed by atoms with Crippen molar-refractivity contribution in [2.75, 3.05) is 6.61 Å². The molecule has 0 saturated heterocycles. The zero-order valence-corrected chi connectivity index (χ0v) is 11.3. The summed E-state index contributed by atoms with van der Waals surface area (Å²) in [4.78, 5) is 12.0. The Morgan fingerprint density at radius 3 is 3.00 bits per heavy atom. The quantitative estimate of drug-likeness (QED) is 0.792. The van der Waals surface area contributed by atoms with Crippen molar-refractivity contribution in [3.8, 4) is 0 Å². The van der Waals surface area contributed by atoms with Gasteiger partial charge in [-0.05, 0) is 23.5 Å². The highest BCUT2D eigenvalue weighted by Crippen LogP contribution is 2.30. The predicted molar refractivity (Wildman–Crippen MR) is 72.5 cm³/mol. The van der Waals surface area contributed by atoms with Gasteiger partial charge in [-0.15, -0.1) is 0 Å². The van der Waals surface area contributed by atoms with Gasteiger partial charge in [0.2, 0.25) is 0 Å². The molecule has 0 aromatic heterocycles. The Bertz CT molecular complexity index is 411. The van der Waals surface area contributed by atoms with Crippen LogP contribution in [0.25, 0.3) is 0 Å². The first-order chi connectivity index (χ1) is 8.70. The number of benzene rings is 1. The van der Waals surface area contributed by atoms with Gasteiger partial charge >= 0.3 is 0 Å². The Labute approximate surface area is 109 Å². The molecule has 2 atom stereocenters. The Balaban J connectivity index is 2.01. The predicted octanol–water partition coefficient (Wildman–Crippen LogP) is 3.70. The second kappa shape index (κ2) is 6.14. The van der Waals surface area contributed by atoms with Crippen LogP contribution >= 0.6 is 0 Å². The molecule has 0 N–H and O–H groups in total. The molecule has 0 spiro atoms. The van der Waals surface area contributed by atoms with Crippen LogP contribution in [0.3, 0.4) is 0 Å². The number of hydrogen-bond acceptors (Lipinski definition) is 2. The van der Waals surface area contributed by atoms with E-state index >= 15 is 0 Å². The van der Waals surface area contributed by atoms with Crippen molar-refractivity contribution >= 4 is 5.78 Å². The lowest BCUT2D eigenvalue weighted by Gasteiger charge is -2.25. The van der Waals surface area contributed by atoms with Crippen LogP contribution in [0.4, 0.5) is 0 Å². The lowest BCUT2D eigenvalue weighted by atomic mass is 9.92. The molecule has 0 saturated carbocycles. The molecule has 0 bridgehead atoms. The van der Waals surface area contributed by atoms with E-state index in [1.54, 1.807) is 0 Å². The van der Waals surface area contributed by atoms with Crippen LogP contribution in [0.2, 0.25) is 0 Å². The van der Waals surface area contributed by atoms with Crippen molar-refractivity contribution in [3.05, 3.63) is 35.4 Å². The van der Waals surface area contributed by atoms with E-state index in [0.717, 1.165) is 19.4 Å². The number of ether oxygens (including phenoxy) is 1. The molecule has 1 aliphatic heterocycles. The van der Waals surface area contributed by atoms with E-state index in [9.17, 15) is 4.79 Å². The fourth-order valence-electron chi connectivity index (χ4n) is 2.47. The molecule has 0 radical (unpaired) electrons. The average Bonchev–Trinajstić information content (AvgIpc) is 2.39. The van der Waals surface area contributed by atoms with Crippen LogP contribution in [-0.2, 0) is 16.0 Å². The van der Waals surface area contributed by atoms with Crippen LogP contribution in [-0.4, -0.2) is 12.4 Å². The molecule has 2 unspecified atom stereocenters. The smallest absolute Gasteiger partial charge is 0.136 e. The highest BCUT2D eigenvalue weighted by Gasteiger charge is 2.23. The minimum Gasteiger partial charge on any atom is -0.373 e. The minimum absolute atomic E-state index is 0.0218. The van der Waals surface area contributed by atoms with Crippen LogP contribution in [0, 0.1) is 5.92 Å². The maximum Gasteiger partial charge on any atom is 0.136 e. The molecule has 2 nitrogen and oxygen atoms in total. The molecule has 2 rings (SSSR count). The van der Waals surface area contributed by atoms with Gasteiger partial charge in [-0.1, -0.05) is 44.5 Å². The molecule has 2 heteroatoms.